The van der Waals surface area contributed by atoms with Crippen LogP contribution < -0.4 is 16.2 Å². The average Bonchev–Trinajstić information content (AvgIpc) is 2.79. The molecule has 0 spiro atoms. The number of amides is 1. The fraction of sp³-hybridized carbons (Fsp3) is 0.273. The summed E-state index contributed by atoms with van der Waals surface area (Å²) in [5.41, 5.74) is 5.63. The third-order valence-electron chi connectivity index (χ3n) is 2.64. The monoisotopic (exact) mass is 266 g/mol. The molecule has 1 amide bonds. The van der Waals surface area contributed by atoms with Crippen molar-refractivity contribution in [1.29, 1.82) is 5.26 Å². The van der Waals surface area contributed by atoms with Crippen LogP contribution in [0.15, 0.2) is 18.2 Å². The zero-order valence-electron chi connectivity index (χ0n) is 9.27. The smallest absolute Gasteiger partial charge is 0.256 e. The highest BCUT2D eigenvalue weighted by molar-refractivity contribution is 6.31. The van der Waals surface area contributed by atoms with Crippen LogP contribution in [-0.2, 0) is 0 Å². The summed E-state index contributed by atoms with van der Waals surface area (Å²) in [4.78, 5) is 11.9. The Hall–Kier alpha value is -1.81. The Balaban J connectivity index is 2.13. The molecule has 94 valence electrons. The van der Waals surface area contributed by atoms with Crippen molar-refractivity contribution < 1.29 is 9.90 Å². The maximum Gasteiger partial charge on any atom is 0.256 e. The molecule has 0 radical (unpaired) electrons. The number of hydrazine groups is 1. The summed E-state index contributed by atoms with van der Waals surface area (Å²) in [6.07, 6.45) is -0.499. The number of carbonyl (C=O) groups excluding carboxylic acids is 1. The van der Waals surface area contributed by atoms with Gasteiger partial charge in [0.1, 0.15) is 11.9 Å². The van der Waals surface area contributed by atoms with Crippen molar-refractivity contribution in [3.63, 3.8) is 0 Å². The predicted molar refractivity (Wildman–Crippen MR) is 64.6 cm³/mol. The Morgan fingerprint density at radius 1 is 1.61 bits per heavy atom. The number of nitrogens with zero attached hydrogens (tertiary/aromatic N) is 1. The third kappa shape index (κ3) is 2.54. The molecule has 2 rings (SSSR count). The Morgan fingerprint density at radius 3 is 3.11 bits per heavy atom. The minimum atomic E-state index is -0.499. The summed E-state index contributed by atoms with van der Waals surface area (Å²) in [5, 5.41) is 21.4. The second-order valence-corrected chi connectivity index (χ2v) is 4.31. The first-order valence-electron chi connectivity index (χ1n) is 5.29. The van der Waals surface area contributed by atoms with Gasteiger partial charge in [0.25, 0.3) is 5.91 Å². The fourth-order valence-electron chi connectivity index (χ4n) is 1.66. The van der Waals surface area contributed by atoms with E-state index in [0.29, 0.717) is 11.6 Å². The molecular formula is C11H11ClN4O2. The van der Waals surface area contributed by atoms with E-state index in [2.05, 4.69) is 22.2 Å². The van der Waals surface area contributed by atoms with Crippen LogP contribution in [0.5, 0.6) is 5.75 Å². The van der Waals surface area contributed by atoms with E-state index in [9.17, 15) is 9.90 Å². The zero-order chi connectivity index (χ0) is 13.1. The van der Waals surface area contributed by atoms with E-state index in [0.717, 1.165) is 0 Å². The minimum absolute atomic E-state index is 0.0767. The molecule has 0 bridgehead atoms. The van der Waals surface area contributed by atoms with Crippen LogP contribution in [0, 0.1) is 17.2 Å². The standard InChI is InChI=1S/C11H11ClN4O2/c12-7-1-2-9(17)8(3-7)11(18)15-10-6(4-13)5-14-16-10/h1-3,6,10,14,16-17H,5H2,(H,15,18). The molecule has 18 heavy (non-hydrogen) atoms. The lowest BCUT2D eigenvalue weighted by atomic mass is 10.1. The van der Waals surface area contributed by atoms with Crippen LogP contribution >= 0.6 is 11.6 Å². The normalized spacial score (nSPS) is 22.4. The molecule has 0 aromatic heterocycles. The van der Waals surface area contributed by atoms with Crippen molar-refractivity contribution in [1.82, 2.24) is 16.2 Å². The molecule has 2 unspecified atom stereocenters. The van der Waals surface area contributed by atoms with Gasteiger partial charge < -0.3 is 10.4 Å². The van der Waals surface area contributed by atoms with Gasteiger partial charge in [-0.2, -0.15) is 5.26 Å². The lowest BCUT2D eigenvalue weighted by Crippen LogP contribution is -2.46. The zero-order valence-corrected chi connectivity index (χ0v) is 10.0. The van der Waals surface area contributed by atoms with E-state index in [1.807, 2.05) is 0 Å². The maximum atomic E-state index is 11.9. The summed E-state index contributed by atoms with van der Waals surface area (Å²) in [6.45, 7) is 0.447. The van der Waals surface area contributed by atoms with Crippen LogP contribution in [0.3, 0.4) is 0 Å². The number of hydrogen-bond donors (Lipinski definition) is 4. The molecule has 0 saturated carbocycles. The minimum Gasteiger partial charge on any atom is -0.507 e. The summed E-state index contributed by atoms with van der Waals surface area (Å²) < 4.78 is 0. The summed E-state index contributed by atoms with van der Waals surface area (Å²) in [7, 11) is 0. The molecule has 7 heteroatoms. The molecule has 0 aliphatic carbocycles. The second-order valence-electron chi connectivity index (χ2n) is 3.87. The quantitative estimate of drug-likeness (QED) is 0.619. The second kappa shape index (κ2) is 5.23. The van der Waals surface area contributed by atoms with Crippen molar-refractivity contribution in [3.05, 3.63) is 28.8 Å². The largest absolute Gasteiger partial charge is 0.507 e. The van der Waals surface area contributed by atoms with Crippen LogP contribution in [0.25, 0.3) is 0 Å². The van der Waals surface area contributed by atoms with E-state index in [1.54, 1.807) is 0 Å². The van der Waals surface area contributed by atoms with Crippen molar-refractivity contribution in [2.24, 2.45) is 5.92 Å². The Bertz CT molecular complexity index is 514. The summed E-state index contributed by atoms with van der Waals surface area (Å²) in [5.74, 6) is -1.01. The van der Waals surface area contributed by atoms with E-state index >= 15 is 0 Å². The Morgan fingerprint density at radius 2 is 2.39 bits per heavy atom. The van der Waals surface area contributed by atoms with Gasteiger partial charge in [-0.1, -0.05) is 11.6 Å². The SMILES string of the molecule is N#CC1CNNC1NC(=O)c1cc(Cl)ccc1O. The summed E-state index contributed by atoms with van der Waals surface area (Å²) in [6, 6.07) is 6.27. The van der Waals surface area contributed by atoms with Gasteiger partial charge in [-0.05, 0) is 18.2 Å². The average molecular weight is 267 g/mol. The molecular weight excluding hydrogens is 256 g/mol. The van der Waals surface area contributed by atoms with Gasteiger partial charge in [-0.25, -0.2) is 5.43 Å². The van der Waals surface area contributed by atoms with Gasteiger partial charge in [-0.15, -0.1) is 0 Å². The number of phenols is 1. The van der Waals surface area contributed by atoms with Crippen LogP contribution in [0.2, 0.25) is 5.02 Å². The Kier molecular flexibility index (Phi) is 3.67. The predicted octanol–water partition coefficient (Wildman–Crippen LogP) is 0.349. The number of nitriles is 1. The van der Waals surface area contributed by atoms with Crippen molar-refractivity contribution in [2.75, 3.05) is 6.54 Å². The molecule has 1 fully saturated rings. The van der Waals surface area contributed by atoms with E-state index in [-0.39, 0.29) is 17.2 Å². The molecule has 6 nitrogen and oxygen atoms in total. The van der Waals surface area contributed by atoms with Gasteiger partial charge in [-0.3, -0.25) is 10.2 Å². The molecule has 4 N–H and O–H groups in total. The van der Waals surface area contributed by atoms with Gasteiger partial charge in [0.2, 0.25) is 0 Å². The first kappa shape index (κ1) is 12.6. The van der Waals surface area contributed by atoms with E-state index < -0.39 is 12.1 Å². The van der Waals surface area contributed by atoms with Gasteiger partial charge in [0.15, 0.2) is 0 Å². The molecule has 1 aromatic carbocycles. The summed E-state index contributed by atoms with van der Waals surface area (Å²) >= 11 is 5.76. The van der Waals surface area contributed by atoms with Crippen molar-refractivity contribution >= 4 is 17.5 Å². The number of halogens is 1. The number of benzene rings is 1. The molecule has 1 saturated heterocycles. The lowest BCUT2D eigenvalue weighted by molar-refractivity contribution is 0.0924. The first-order chi connectivity index (χ1) is 8.61. The van der Waals surface area contributed by atoms with Gasteiger partial charge >= 0.3 is 0 Å². The number of nitrogens with one attached hydrogen (secondary N) is 3. The first-order valence-corrected chi connectivity index (χ1v) is 5.67. The highest BCUT2D eigenvalue weighted by Crippen LogP contribution is 2.21. The maximum absolute atomic E-state index is 11.9. The van der Waals surface area contributed by atoms with Crippen LogP contribution in [-0.4, -0.2) is 23.7 Å². The topological polar surface area (TPSA) is 97.2 Å². The van der Waals surface area contributed by atoms with Gasteiger partial charge in [0, 0.05) is 11.6 Å². The number of phenolic OH excluding ortho intramolecular Hbond substituents is 1. The lowest BCUT2D eigenvalue weighted by Gasteiger charge is -2.15. The van der Waals surface area contributed by atoms with Gasteiger partial charge in [0.05, 0.1) is 17.6 Å². The highest BCUT2D eigenvalue weighted by atomic mass is 35.5. The van der Waals surface area contributed by atoms with Crippen molar-refractivity contribution in [2.45, 2.75) is 6.17 Å². The number of hydrogen-bond acceptors (Lipinski definition) is 5. The molecule has 1 aromatic rings. The van der Waals surface area contributed by atoms with Crippen molar-refractivity contribution in [3.8, 4) is 11.8 Å². The molecule has 1 heterocycles. The number of rotatable bonds is 2. The van der Waals surface area contributed by atoms with E-state index in [1.165, 1.54) is 18.2 Å². The van der Waals surface area contributed by atoms with Crippen LogP contribution in [0.1, 0.15) is 10.4 Å². The third-order valence-corrected chi connectivity index (χ3v) is 2.87. The fourth-order valence-corrected chi connectivity index (χ4v) is 1.84. The molecule has 1 aliphatic rings. The number of carbonyl (C=O) groups is 1. The highest BCUT2D eigenvalue weighted by Gasteiger charge is 2.28. The Labute approximate surface area is 109 Å². The molecule has 2 atom stereocenters. The van der Waals surface area contributed by atoms with E-state index in [4.69, 9.17) is 16.9 Å². The molecule has 1 aliphatic heterocycles. The number of aromatic hydroxyl groups is 1. The van der Waals surface area contributed by atoms with Crippen LogP contribution in [0.4, 0.5) is 0 Å².